The number of ether oxygens (including phenoxy) is 4. The van der Waals surface area contributed by atoms with Crippen molar-refractivity contribution in [3.8, 4) is 0 Å². The Morgan fingerprint density at radius 3 is 1.70 bits per heavy atom. The van der Waals surface area contributed by atoms with Gasteiger partial charge in [0.15, 0.2) is 12.2 Å². The highest BCUT2D eigenvalue weighted by atomic mass is 16.6. The number of carbonyl (C=O) groups is 4. The van der Waals surface area contributed by atoms with E-state index in [9.17, 15) is 34.4 Å². The number of fused-ring (bicyclic) bond motifs is 1. The number of carbonyl (C=O) groups excluding carboxylic acids is 4. The van der Waals surface area contributed by atoms with Crippen LogP contribution in [0.3, 0.4) is 0 Å². The first-order chi connectivity index (χ1) is 22.1. The Hall–Kier alpha value is -5.20. The highest BCUT2D eigenvalue weighted by molar-refractivity contribution is 6.52. The molecule has 0 unspecified atom stereocenters. The van der Waals surface area contributed by atoms with Crippen LogP contribution < -0.4 is 0 Å². The summed E-state index contributed by atoms with van der Waals surface area (Å²) in [5.41, 5.74) is 0.570. The Kier molecular flexibility index (Phi) is 9.69. The zero-order valence-electron chi connectivity index (χ0n) is 24.9. The van der Waals surface area contributed by atoms with Gasteiger partial charge < -0.3 is 24.1 Å². The highest BCUT2D eigenvalue weighted by Gasteiger charge is 2.64. The summed E-state index contributed by atoms with van der Waals surface area (Å²) in [5.74, 6) is -6.38. The van der Waals surface area contributed by atoms with Gasteiger partial charge in [-0.3, -0.25) is 29.3 Å². The fourth-order valence-electron chi connectivity index (χ4n) is 6.03. The number of benzene rings is 3. The Balaban J connectivity index is 1.71. The molecule has 0 amide bonds. The van der Waals surface area contributed by atoms with Gasteiger partial charge in [0.25, 0.3) is 6.04 Å². The van der Waals surface area contributed by atoms with Crippen molar-refractivity contribution in [2.45, 2.75) is 57.5 Å². The lowest BCUT2D eigenvalue weighted by molar-refractivity contribution is -0.555. The van der Waals surface area contributed by atoms with Crippen LogP contribution in [0.5, 0.6) is 0 Å². The molecule has 0 bridgehead atoms. The normalized spacial score (nSPS) is 24.2. The van der Waals surface area contributed by atoms with E-state index in [0.717, 1.165) is 13.8 Å². The monoisotopic (exact) mass is 629 g/mol. The van der Waals surface area contributed by atoms with Crippen molar-refractivity contribution in [1.29, 1.82) is 0 Å². The van der Waals surface area contributed by atoms with Gasteiger partial charge in [-0.15, -0.1) is 0 Å². The number of esters is 2. The van der Waals surface area contributed by atoms with Crippen molar-refractivity contribution in [3.05, 3.63) is 123 Å². The van der Waals surface area contributed by atoms with Crippen LogP contribution in [0.1, 0.15) is 40.9 Å². The number of ketones is 2. The van der Waals surface area contributed by atoms with E-state index in [0.29, 0.717) is 11.1 Å². The molecule has 1 fully saturated rings. The molecule has 6 atom stereocenters. The number of aliphatic hydroxyl groups excluding tert-OH is 1. The summed E-state index contributed by atoms with van der Waals surface area (Å²) >= 11 is 0. The van der Waals surface area contributed by atoms with E-state index in [1.807, 2.05) is 0 Å². The maximum absolute atomic E-state index is 13.7. The number of aliphatic hydroxyl groups is 1. The van der Waals surface area contributed by atoms with Gasteiger partial charge in [0.05, 0.1) is 18.8 Å². The van der Waals surface area contributed by atoms with Crippen molar-refractivity contribution in [2.24, 2.45) is 5.92 Å². The predicted molar refractivity (Wildman–Crippen MR) is 161 cm³/mol. The first-order valence-corrected chi connectivity index (χ1v) is 14.5. The van der Waals surface area contributed by atoms with Gasteiger partial charge in [-0.2, -0.15) is 0 Å². The first kappa shape index (κ1) is 32.2. The highest BCUT2D eigenvalue weighted by Crippen LogP contribution is 2.44. The number of nitrogens with zero attached hydrogens (tertiary/aromatic N) is 1. The van der Waals surface area contributed by atoms with Gasteiger partial charge in [-0.1, -0.05) is 84.9 Å². The molecule has 238 valence electrons. The molecule has 0 heterocycles. The molecule has 0 aromatic heterocycles. The van der Waals surface area contributed by atoms with Crippen LogP contribution in [0.25, 0.3) is 5.76 Å². The molecule has 3 aromatic carbocycles. The van der Waals surface area contributed by atoms with E-state index in [1.165, 1.54) is 24.3 Å². The van der Waals surface area contributed by atoms with Crippen LogP contribution in [-0.4, -0.2) is 64.0 Å². The van der Waals surface area contributed by atoms with Gasteiger partial charge in [0, 0.05) is 29.9 Å². The first-order valence-electron chi connectivity index (χ1n) is 14.5. The standard InChI is InChI=1S/C34H31NO11/c1-19(36)45-31-25(26-28(38)23-15-9-10-16-24(23)29(39)30(26)40)27(35(41)42)32(43-17-21-11-5-3-6-12-21)34(46-20(2)37)33(31)44-18-22-13-7-4-8-14-22/h3-16,25,27,31-34,38H,17-18H2,1-2H3/t25-,27-,31-,32+,33+,34+/m0/s1. The summed E-state index contributed by atoms with van der Waals surface area (Å²) in [6.45, 7) is 1.86. The lowest BCUT2D eigenvalue weighted by Gasteiger charge is -2.46. The van der Waals surface area contributed by atoms with Gasteiger partial charge >= 0.3 is 11.9 Å². The molecule has 1 saturated carbocycles. The average Bonchev–Trinajstić information content (AvgIpc) is 3.04. The molecule has 0 aliphatic heterocycles. The molecule has 5 rings (SSSR count). The number of rotatable bonds is 10. The topological polar surface area (TPSA) is 169 Å². The molecular formula is C34H31NO11. The molecule has 0 radical (unpaired) electrons. The average molecular weight is 630 g/mol. The maximum atomic E-state index is 13.7. The third kappa shape index (κ3) is 6.58. The minimum Gasteiger partial charge on any atom is -0.507 e. The van der Waals surface area contributed by atoms with Crippen molar-refractivity contribution >= 4 is 29.3 Å². The zero-order chi connectivity index (χ0) is 33.0. The molecule has 2 aliphatic carbocycles. The largest absolute Gasteiger partial charge is 0.507 e. The van der Waals surface area contributed by atoms with Crippen LogP contribution in [-0.2, 0) is 46.5 Å². The second-order valence-corrected chi connectivity index (χ2v) is 10.9. The smallest absolute Gasteiger partial charge is 0.303 e. The number of Topliss-reactive ketones (excluding diaryl/α,β-unsaturated/α-hetero) is 2. The molecule has 12 nitrogen and oxygen atoms in total. The molecular weight excluding hydrogens is 598 g/mol. The Morgan fingerprint density at radius 2 is 1.17 bits per heavy atom. The van der Waals surface area contributed by atoms with E-state index in [2.05, 4.69) is 0 Å². The lowest BCUT2D eigenvalue weighted by atomic mass is 9.69. The van der Waals surface area contributed by atoms with E-state index in [1.54, 1.807) is 60.7 Å². The summed E-state index contributed by atoms with van der Waals surface area (Å²) < 4.78 is 23.7. The molecule has 3 aromatic rings. The van der Waals surface area contributed by atoms with E-state index < -0.39 is 76.1 Å². The molecule has 12 heteroatoms. The minimum absolute atomic E-state index is 0.0172. The van der Waals surface area contributed by atoms with Crippen molar-refractivity contribution in [1.82, 2.24) is 0 Å². The van der Waals surface area contributed by atoms with Crippen LogP contribution in [0.2, 0.25) is 0 Å². The molecule has 0 saturated heterocycles. The second kappa shape index (κ2) is 13.8. The fraction of sp³-hybridized carbons (Fsp3) is 0.294. The molecule has 2 aliphatic rings. The minimum atomic E-state index is -1.96. The number of hydrogen-bond acceptors (Lipinski definition) is 11. The van der Waals surface area contributed by atoms with Gasteiger partial charge in [-0.05, 0) is 11.1 Å². The molecule has 46 heavy (non-hydrogen) atoms. The quantitative estimate of drug-likeness (QED) is 0.149. The maximum Gasteiger partial charge on any atom is 0.303 e. The van der Waals surface area contributed by atoms with E-state index >= 15 is 0 Å². The van der Waals surface area contributed by atoms with Crippen molar-refractivity contribution in [2.75, 3.05) is 0 Å². The van der Waals surface area contributed by atoms with Crippen molar-refractivity contribution in [3.63, 3.8) is 0 Å². The summed E-state index contributed by atoms with van der Waals surface area (Å²) in [6.07, 6.45) is -6.26. The number of hydrogen-bond donors (Lipinski definition) is 1. The van der Waals surface area contributed by atoms with E-state index in [4.69, 9.17) is 18.9 Å². The summed E-state index contributed by atoms with van der Waals surface area (Å²) in [4.78, 5) is 64.3. The van der Waals surface area contributed by atoms with E-state index in [-0.39, 0.29) is 24.3 Å². The third-order valence-corrected chi connectivity index (χ3v) is 7.91. The zero-order valence-corrected chi connectivity index (χ0v) is 24.9. The fourth-order valence-corrected chi connectivity index (χ4v) is 6.03. The van der Waals surface area contributed by atoms with Crippen molar-refractivity contribution < 1.29 is 48.2 Å². The summed E-state index contributed by atoms with van der Waals surface area (Å²) in [5, 5.41) is 24.5. The lowest BCUT2D eigenvalue weighted by Crippen LogP contribution is -2.67. The Labute approximate surface area is 263 Å². The second-order valence-electron chi connectivity index (χ2n) is 10.9. The van der Waals surface area contributed by atoms with Gasteiger partial charge in [0.1, 0.15) is 23.9 Å². The molecule has 0 spiro atoms. The van der Waals surface area contributed by atoms with Gasteiger partial charge in [0.2, 0.25) is 11.6 Å². The Morgan fingerprint density at radius 1 is 0.696 bits per heavy atom. The number of nitro groups is 1. The molecule has 1 N–H and O–H groups in total. The van der Waals surface area contributed by atoms with Gasteiger partial charge in [-0.25, -0.2) is 0 Å². The summed E-state index contributed by atoms with van der Waals surface area (Å²) in [7, 11) is 0. The third-order valence-electron chi connectivity index (χ3n) is 7.91. The SMILES string of the molecule is CC(=O)O[C@H]1[C@H](OCc2ccccc2)[C@@H](OC(C)=O)[C@@H](C2=C(O)c3ccccc3C(=O)C2=O)[C@H]([N+](=O)[O-])[C@H]1OCc1ccccc1. The van der Waals surface area contributed by atoms with Crippen LogP contribution in [0.15, 0.2) is 90.5 Å². The van der Waals surface area contributed by atoms with Crippen LogP contribution in [0, 0.1) is 16.0 Å². The van der Waals surface area contributed by atoms with Crippen LogP contribution >= 0.6 is 0 Å². The predicted octanol–water partition coefficient (Wildman–Crippen LogP) is 4.03. The summed E-state index contributed by atoms with van der Waals surface area (Å²) in [6, 6.07) is 21.3. The van der Waals surface area contributed by atoms with Crippen LogP contribution in [0.4, 0.5) is 0 Å². The Bertz CT molecular complexity index is 1670.